The SMILES string of the molecule is CC1CCc2ccccc2O1.CP. The van der Waals surface area contributed by atoms with Gasteiger partial charge in [-0.3, -0.25) is 0 Å². The van der Waals surface area contributed by atoms with Gasteiger partial charge in [-0.05, 0) is 31.4 Å². The lowest BCUT2D eigenvalue weighted by Crippen LogP contribution is -2.18. The van der Waals surface area contributed by atoms with E-state index in [2.05, 4.69) is 28.3 Å². The molecule has 0 fully saturated rings. The van der Waals surface area contributed by atoms with Crippen LogP contribution in [-0.2, 0) is 6.42 Å². The van der Waals surface area contributed by atoms with Crippen LogP contribution in [0.15, 0.2) is 24.3 Å². The Morgan fingerprint density at radius 2 is 2.00 bits per heavy atom. The van der Waals surface area contributed by atoms with Crippen LogP contribution in [0.2, 0.25) is 0 Å². The van der Waals surface area contributed by atoms with Gasteiger partial charge in [0, 0.05) is 0 Å². The second kappa shape index (κ2) is 5.24. The molecule has 2 atom stereocenters. The highest BCUT2D eigenvalue weighted by Crippen LogP contribution is 2.26. The molecule has 13 heavy (non-hydrogen) atoms. The van der Waals surface area contributed by atoms with Crippen LogP contribution in [0.25, 0.3) is 0 Å². The largest absolute Gasteiger partial charge is 0.490 e. The van der Waals surface area contributed by atoms with Crippen molar-refractivity contribution in [3.8, 4) is 5.75 Å². The maximum absolute atomic E-state index is 5.63. The molecule has 1 aliphatic heterocycles. The summed E-state index contributed by atoms with van der Waals surface area (Å²) >= 11 is 0. The molecule has 1 nitrogen and oxygen atoms in total. The second-order valence-electron chi connectivity index (χ2n) is 3.07. The molecule has 72 valence electrons. The first-order chi connectivity index (χ1) is 6.36. The Morgan fingerprint density at radius 1 is 1.31 bits per heavy atom. The molecule has 0 saturated carbocycles. The molecular formula is C11H17OP. The zero-order chi connectivity index (χ0) is 9.68. The molecular weight excluding hydrogens is 179 g/mol. The van der Waals surface area contributed by atoms with Gasteiger partial charge >= 0.3 is 0 Å². The van der Waals surface area contributed by atoms with Crippen LogP contribution in [0.3, 0.4) is 0 Å². The van der Waals surface area contributed by atoms with Crippen LogP contribution in [0.5, 0.6) is 5.75 Å². The Kier molecular flexibility index (Phi) is 4.24. The fourth-order valence-electron chi connectivity index (χ4n) is 1.46. The molecule has 0 bridgehead atoms. The molecule has 0 amide bonds. The van der Waals surface area contributed by atoms with E-state index in [4.69, 9.17) is 4.74 Å². The highest BCUT2D eigenvalue weighted by Gasteiger charge is 2.13. The number of para-hydroxylation sites is 1. The third-order valence-corrected chi connectivity index (χ3v) is 2.12. The van der Waals surface area contributed by atoms with E-state index in [1.807, 2.05) is 18.8 Å². The Labute approximate surface area is 82.7 Å². The Morgan fingerprint density at radius 3 is 2.77 bits per heavy atom. The summed E-state index contributed by atoms with van der Waals surface area (Å²) in [6.45, 7) is 4.04. The predicted molar refractivity (Wildman–Crippen MR) is 60.5 cm³/mol. The van der Waals surface area contributed by atoms with E-state index in [0.29, 0.717) is 6.10 Å². The van der Waals surface area contributed by atoms with Crippen LogP contribution in [0.1, 0.15) is 18.9 Å². The van der Waals surface area contributed by atoms with Gasteiger partial charge in [0.25, 0.3) is 0 Å². The van der Waals surface area contributed by atoms with Crippen molar-refractivity contribution in [2.45, 2.75) is 25.9 Å². The third kappa shape index (κ3) is 2.70. The highest BCUT2D eigenvalue weighted by molar-refractivity contribution is 7.15. The topological polar surface area (TPSA) is 9.23 Å². The molecule has 0 aromatic heterocycles. The molecule has 2 unspecified atom stereocenters. The van der Waals surface area contributed by atoms with Crippen molar-refractivity contribution in [2.75, 3.05) is 6.66 Å². The standard InChI is InChI=1S/C10H12O.CH5P/c1-8-6-7-9-4-2-3-5-10(9)11-8;1-2/h2-5,8H,6-7H2,1H3;2H2,1H3. The minimum atomic E-state index is 0.393. The van der Waals surface area contributed by atoms with E-state index in [0.717, 1.165) is 18.6 Å². The van der Waals surface area contributed by atoms with E-state index in [-0.39, 0.29) is 0 Å². The van der Waals surface area contributed by atoms with Crippen LogP contribution in [-0.4, -0.2) is 12.8 Å². The average molecular weight is 196 g/mol. The first kappa shape index (κ1) is 10.5. The van der Waals surface area contributed by atoms with Gasteiger partial charge in [0.2, 0.25) is 0 Å². The van der Waals surface area contributed by atoms with Crippen molar-refractivity contribution in [3.63, 3.8) is 0 Å². The molecule has 0 N–H and O–H groups in total. The maximum Gasteiger partial charge on any atom is 0.122 e. The molecule has 0 saturated heterocycles. The molecule has 0 radical (unpaired) electrons. The van der Waals surface area contributed by atoms with Crippen LogP contribution in [0.4, 0.5) is 0 Å². The van der Waals surface area contributed by atoms with Crippen LogP contribution < -0.4 is 4.74 Å². The highest BCUT2D eigenvalue weighted by atomic mass is 31.0. The van der Waals surface area contributed by atoms with Crippen LogP contribution >= 0.6 is 9.24 Å². The van der Waals surface area contributed by atoms with Gasteiger partial charge < -0.3 is 4.74 Å². The molecule has 1 aromatic carbocycles. The summed E-state index contributed by atoms with van der Waals surface area (Å²) in [6, 6.07) is 8.28. The van der Waals surface area contributed by atoms with E-state index < -0.39 is 0 Å². The zero-order valence-corrected chi connectivity index (χ0v) is 9.44. The lowest BCUT2D eigenvalue weighted by Gasteiger charge is -2.22. The minimum Gasteiger partial charge on any atom is -0.490 e. The summed E-state index contributed by atoms with van der Waals surface area (Å²) in [5, 5.41) is 0. The smallest absolute Gasteiger partial charge is 0.122 e. The van der Waals surface area contributed by atoms with Crippen molar-refractivity contribution in [1.29, 1.82) is 0 Å². The molecule has 0 spiro atoms. The van der Waals surface area contributed by atoms with Gasteiger partial charge in [0.05, 0.1) is 6.10 Å². The molecule has 1 aliphatic rings. The minimum absolute atomic E-state index is 0.393. The van der Waals surface area contributed by atoms with E-state index in [9.17, 15) is 0 Å². The van der Waals surface area contributed by atoms with Gasteiger partial charge in [0.15, 0.2) is 0 Å². The number of hydrogen-bond acceptors (Lipinski definition) is 1. The first-order valence-electron chi connectivity index (χ1n) is 4.68. The fraction of sp³-hybridized carbons (Fsp3) is 0.455. The Balaban J connectivity index is 0.000000396. The summed E-state index contributed by atoms with van der Waals surface area (Å²) < 4.78 is 5.63. The number of aryl methyl sites for hydroxylation is 1. The van der Waals surface area contributed by atoms with Gasteiger partial charge in [-0.1, -0.05) is 24.9 Å². The summed E-state index contributed by atoms with van der Waals surface area (Å²) in [6.07, 6.45) is 2.71. The van der Waals surface area contributed by atoms with Crippen molar-refractivity contribution in [2.24, 2.45) is 0 Å². The number of ether oxygens (including phenoxy) is 1. The Bertz CT molecular complexity index is 260. The maximum atomic E-state index is 5.63. The number of rotatable bonds is 0. The first-order valence-corrected chi connectivity index (χ1v) is 5.84. The van der Waals surface area contributed by atoms with Crippen molar-refractivity contribution < 1.29 is 4.74 Å². The van der Waals surface area contributed by atoms with Crippen molar-refractivity contribution in [3.05, 3.63) is 29.8 Å². The average Bonchev–Trinajstić information content (AvgIpc) is 2.21. The summed E-state index contributed by atoms with van der Waals surface area (Å²) in [7, 11) is 2.42. The second-order valence-corrected chi connectivity index (χ2v) is 3.07. The third-order valence-electron chi connectivity index (χ3n) is 2.12. The van der Waals surface area contributed by atoms with Gasteiger partial charge in [-0.2, -0.15) is 0 Å². The number of benzene rings is 1. The molecule has 1 heterocycles. The lowest BCUT2D eigenvalue weighted by atomic mass is 10.0. The molecule has 2 heteroatoms. The predicted octanol–water partition coefficient (Wildman–Crippen LogP) is 2.89. The van der Waals surface area contributed by atoms with Crippen LogP contribution in [0, 0.1) is 0 Å². The molecule has 2 rings (SSSR count). The quantitative estimate of drug-likeness (QED) is 0.580. The van der Waals surface area contributed by atoms with E-state index >= 15 is 0 Å². The van der Waals surface area contributed by atoms with Crippen molar-refractivity contribution >= 4 is 9.24 Å². The number of fused-ring (bicyclic) bond motifs is 1. The van der Waals surface area contributed by atoms with Crippen molar-refractivity contribution in [1.82, 2.24) is 0 Å². The van der Waals surface area contributed by atoms with E-state index in [1.54, 1.807) is 0 Å². The Hall–Kier alpha value is -0.550. The normalized spacial score (nSPS) is 19.2. The lowest BCUT2D eigenvalue weighted by molar-refractivity contribution is 0.192. The molecule has 1 aromatic rings. The fourth-order valence-corrected chi connectivity index (χ4v) is 1.46. The monoisotopic (exact) mass is 196 g/mol. The van der Waals surface area contributed by atoms with Gasteiger partial charge in [0.1, 0.15) is 5.75 Å². The van der Waals surface area contributed by atoms with E-state index in [1.165, 1.54) is 5.56 Å². The summed E-state index contributed by atoms with van der Waals surface area (Å²) in [4.78, 5) is 0. The summed E-state index contributed by atoms with van der Waals surface area (Å²) in [5.74, 6) is 1.08. The van der Waals surface area contributed by atoms with Gasteiger partial charge in [-0.25, -0.2) is 0 Å². The van der Waals surface area contributed by atoms with Gasteiger partial charge in [-0.15, -0.1) is 9.24 Å². The number of hydrogen-bond donors (Lipinski definition) is 0. The molecule has 0 aliphatic carbocycles. The summed E-state index contributed by atoms with van der Waals surface area (Å²) in [5.41, 5.74) is 1.35. The zero-order valence-electron chi connectivity index (χ0n) is 8.29.